The Hall–Kier alpha value is -3.77. The molecule has 1 amide bonds. The number of aliphatic hydroxyl groups is 1. The number of carboxylic acid groups (broad SMARTS) is 1. The van der Waals surface area contributed by atoms with Crippen molar-refractivity contribution in [2.75, 3.05) is 12.9 Å². The molecule has 3 rings (SSSR count). The number of ether oxygens (including phenoxy) is 1. The SMILES string of the molecule is CC(C)(C)[C@H](O)COc1cc(C(=O)N[C@@H](CC(=O)O)c2ccc(S(C)(=O)=O)cc2)nn1-c1ccccc1F. The summed E-state index contributed by atoms with van der Waals surface area (Å²) in [6.07, 6.45) is -0.317. The fraction of sp³-hybridized carbons (Fsp3) is 0.346. The van der Waals surface area contributed by atoms with Gasteiger partial charge < -0.3 is 20.3 Å². The number of carbonyl (C=O) groups excluding carboxylic acids is 1. The molecule has 0 saturated heterocycles. The fourth-order valence-corrected chi connectivity index (χ4v) is 4.02. The lowest BCUT2D eigenvalue weighted by Crippen LogP contribution is -2.32. The summed E-state index contributed by atoms with van der Waals surface area (Å²) >= 11 is 0. The smallest absolute Gasteiger partial charge is 0.305 e. The Morgan fingerprint density at radius 1 is 1.13 bits per heavy atom. The van der Waals surface area contributed by atoms with Crippen molar-refractivity contribution in [2.45, 2.75) is 44.2 Å². The van der Waals surface area contributed by atoms with E-state index in [4.69, 9.17) is 4.74 Å². The van der Waals surface area contributed by atoms with Crippen LogP contribution in [0, 0.1) is 11.2 Å². The van der Waals surface area contributed by atoms with Crippen LogP contribution in [0.1, 0.15) is 49.3 Å². The van der Waals surface area contributed by atoms with Gasteiger partial charge in [-0.2, -0.15) is 9.78 Å². The Bertz CT molecular complexity index is 1410. The molecule has 0 fully saturated rings. The Balaban J connectivity index is 1.93. The third-order valence-corrected chi connectivity index (χ3v) is 6.90. The van der Waals surface area contributed by atoms with Crippen molar-refractivity contribution in [2.24, 2.45) is 5.41 Å². The standard InChI is InChI=1S/C26H30FN3O7S/c1-26(2,3)22(31)15-37-23-13-20(29-30(23)21-8-6-5-7-18(21)27)25(34)28-19(14-24(32)33)16-9-11-17(12-10-16)38(4,35)36/h5-13,19,22,31H,14-15H2,1-4H3,(H,28,34)(H,32,33)/t19-,22+/m0/s1. The lowest BCUT2D eigenvalue weighted by molar-refractivity contribution is -0.137. The predicted octanol–water partition coefficient (Wildman–Crippen LogP) is 3.15. The minimum absolute atomic E-state index is 0.00385. The molecule has 1 heterocycles. The first-order valence-electron chi connectivity index (χ1n) is 11.7. The van der Waals surface area contributed by atoms with E-state index in [0.717, 1.165) is 10.9 Å². The van der Waals surface area contributed by atoms with Crippen LogP contribution in [0.15, 0.2) is 59.5 Å². The molecule has 0 spiro atoms. The highest BCUT2D eigenvalue weighted by molar-refractivity contribution is 7.90. The van der Waals surface area contributed by atoms with Gasteiger partial charge in [-0.25, -0.2) is 12.8 Å². The van der Waals surface area contributed by atoms with Crippen LogP contribution in [0.3, 0.4) is 0 Å². The molecule has 3 aromatic rings. The highest BCUT2D eigenvalue weighted by atomic mass is 32.2. The van der Waals surface area contributed by atoms with Crippen molar-refractivity contribution >= 4 is 21.7 Å². The number of carbonyl (C=O) groups is 2. The van der Waals surface area contributed by atoms with Gasteiger partial charge in [0.1, 0.15) is 18.1 Å². The quantitative estimate of drug-likeness (QED) is 0.351. The van der Waals surface area contributed by atoms with Crippen LogP contribution in [-0.4, -0.2) is 59.3 Å². The van der Waals surface area contributed by atoms with Crippen molar-refractivity contribution in [3.63, 3.8) is 0 Å². The number of sulfone groups is 1. The number of aliphatic hydroxyl groups excluding tert-OH is 1. The number of amides is 1. The molecule has 0 radical (unpaired) electrons. The van der Waals surface area contributed by atoms with Gasteiger partial charge in [0.15, 0.2) is 15.5 Å². The lowest BCUT2D eigenvalue weighted by atomic mass is 9.90. The van der Waals surface area contributed by atoms with Gasteiger partial charge in [-0.15, -0.1) is 0 Å². The van der Waals surface area contributed by atoms with Crippen LogP contribution in [0.4, 0.5) is 4.39 Å². The van der Waals surface area contributed by atoms with E-state index >= 15 is 0 Å². The Morgan fingerprint density at radius 3 is 2.32 bits per heavy atom. The fourth-order valence-electron chi connectivity index (χ4n) is 3.39. The number of hydrogen-bond donors (Lipinski definition) is 3. The number of hydrogen-bond acceptors (Lipinski definition) is 7. The van der Waals surface area contributed by atoms with Gasteiger partial charge in [-0.3, -0.25) is 9.59 Å². The van der Waals surface area contributed by atoms with Gasteiger partial charge >= 0.3 is 5.97 Å². The van der Waals surface area contributed by atoms with E-state index in [0.29, 0.717) is 5.56 Å². The van der Waals surface area contributed by atoms with E-state index < -0.39 is 51.5 Å². The molecule has 10 nitrogen and oxygen atoms in total. The molecule has 204 valence electrons. The van der Waals surface area contributed by atoms with E-state index in [1.165, 1.54) is 48.5 Å². The zero-order valence-corrected chi connectivity index (χ0v) is 22.2. The van der Waals surface area contributed by atoms with Gasteiger partial charge in [-0.1, -0.05) is 45.0 Å². The Morgan fingerprint density at radius 2 is 1.76 bits per heavy atom. The van der Waals surface area contributed by atoms with E-state index in [2.05, 4.69) is 10.4 Å². The molecule has 2 atom stereocenters. The maximum absolute atomic E-state index is 14.6. The van der Waals surface area contributed by atoms with Crippen LogP contribution < -0.4 is 10.1 Å². The molecule has 0 unspecified atom stereocenters. The lowest BCUT2D eigenvalue weighted by Gasteiger charge is -2.25. The first kappa shape index (κ1) is 28.8. The second kappa shape index (κ2) is 11.3. The molecule has 38 heavy (non-hydrogen) atoms. The summed E-state index contributed by atoms with van der Waals surface area (Å²) in [4.78, 5) is 24.7. The summed E-state index contributed by atoms with van der Waals surface area (Å²) in [5, 5.41) is 26.5. The van der Waals surface area contributed by atoms with Gasteiger partial charge in [0.25, 0.3) is 5.91 Å². The molecule has 0 bridgehead atoms. The van der Waals surface area contributed by atoms with Crippen molar-refractivity contribution in [3.8, 4) is 11.6 Å². The highest BCUT2D eigenvalue weighted by Gasteiger charge is 2.26. The zero-order chi connectivity index (χ0) is 28.3. The number of aliphatic carboxylic acids is 1. The average Bonchev–Trinajstić information content (AvgIpc) is 3.25. The summed E-state index contributed by atoms with van der Waals surface area (Å²) in [5.41, 5.74) is -0.312. The predicted molar refractivity (Wildman–Crippen MR) is 136 cm³/mol. The first-order valence-corrected chi connectivity index (χ1v) is 13.5. The van der Waals surface area contributed by atoms with Gasteiger partial charge in [-0.05, 0) is 35.2 Å². The highest BCUT2D eigenvalue weighted by Crippen LogP contribution is 2.26. The minimum Gasteiger partial charge on any atom is -0.481 e. The first-order chi connectivity index (χ1) is 17.7. The van der Waals surface area contributed by atoms with Gasteiger partial charge in [0, 0.05) is 12.3 Å². The Labute approximate surface area is 220 Å². The monoisotopic (exact) mass is 547 g/mol. The van der Waals surface area contributed by atoms with Crippen LogP contribution in [-0.2, 0) is 14.6 Å². The molecule has 12 heteroatoms. The van der Waals surface area contributed by atoms with Gasteiger partial charge in [0.05, 0.1) is 23.5 Å². The number of nitrogens with zero attached hydrogens (tertiary/aromatic N) is 2. The molecule has 0 aliphatic carbocycles. The normalized spacial score (nSPS) is 13.5. The molecule has 0 aliphatic rings. The van der Waals surface area contributed by atoms with Crippen molar-refractivity contribution < 1.29 is 37.3 Å². The van der Waals surface area contributed by atoms with Crippen LogP contribution in [0.2, 0.25) is 0 Å². The van der Waals surface area contributed by atoms with E-state index in [1.54, 1.807) is 6.07 Å². The average molecular weight is 548 g/mol. The van der Waals surface area contributed by atoms with E-state index in [9.17, 15) is 32.6 Å². The molecule has 1 aromatic heterocycles. The largest absolute Gasteiger partial charge is 0.481 e. The number of rotatable bonds is 10. The molecular weight excluding hydrogens is 517 g/mol. The minimum atomic E-state index is -3.47. The number of halogens is 1. The third-order valence-electron chi connectivity index (χ3n) is 5.77. The summed E-state index contributed by atoms with van der Waals surface area (Å²) < 4.78 is 44.9. The summed E-state index contributed by atoms with van der Waals surface area (Å²) in [6, 6.07) is 11.5. The van der Waals surface area contributed by atoms with Crippen LogP contribution in [0.25, 0.3) is 5.69 Å². The molecule has 3 N–H and O–H groups in total. The van der Waals surface area contributed by atoms with Crippen LogP contribution in [0.5, 0.6) is 5.88 Å². The Kier molecular flexibility index (Phi) is 8.58. The summed E-state index contributed by atoms with van der Waals surface area (Å²) in [5.74, 6) is -2.59. The van der Waals surface area contributed by atoms with Gasteiger partial charge in [0.2, 0.25) is 5.88 Å². The zero-order valence-electron chi connectivity index (χ0n) is 21.4. The maximum atomic E-state index is 14.6. The molecule has 0 saturated carbocycles. The number of aromatic nitrogens is 2. The molecule has 2 aromatic carbocycles. The number of carboxylic acids is 1. The topological polar surface area (TPSA) is 148 Å². The van der Waals surface area contributed by atoms with E-state index in [-0.39, 0.29) is 28.8 Å². The van der Waals surface area contributed by atoms with E-state index in [1.807, 2.05) is 20.8 Å². The molecular formula is C26H30FN3O7S. The van der Waals surface area contributed by atoms with Crippen molar-refractivity contribution in [1.29, 1.82) is 0 Å². The number of para-hydroxylation sites is 1. The van der Waals surface area contributed by atoms with Crippen molar-refractivity contribution in [3.05, 3.63) is 71.7 Å². The second-order valence-corrected chi connectivity index (χ2v) is 11.9. The second-order valence-electron chi connectivity index (χ2n) is 9.89. The number of benzene rings is 2. The summed E-state index contributed by atoms with van der Waals surface area (Å²) in [7, 11) is -3.47. The van der Waals surface area contributed by atoms with Crippen molar-refractivity contribution in [1.82, 2.24) is 15.1 Å². The van der Waals surface area contributed by atoms with Crippen LogP contribution >= 0.6 is 0 Å². The maximum Gasteiger partial charge on any atom is 0.305 e. The number of nitrogens with one attached hydrogen (secondary N) is 1. The molecule has 0 aliphatic heterocycles. The third kappa shape index (κ3) is 7.17. The summed E-state index contributed by atoms with van der Waals surface area (Å²) in [6.45, 7) is 5.30.